The van der Waals surface area contributed by atoms with Crippen LogP contribution in [0.2, 0.25) is 0 Å². The van der Waals surface area contributed by atoms with Gasteiger partial charge in [-0.05, 0) is 32.0 Å². The average molecular weight is 292 g/mol. The van der Waals surface area contributed by atoms with Crippen molar-refractivity contribution in [3.63, 3.8) is 0 Å². The Kier molecular flexibility index (Phi) is 4.11. The number of aliphatic carboxylic acids is 1. The molecule has 2 unspecified atom stereocenters. The van der Waals surface area contributed by atoms with Gasteiger partial charge in [0.15, 0.2) is 6.61 Å². The SMILES string of the molecule is CC(NC(=O)c1ccc2c(c1)OCC(=O)N2)C(C)C(=O)O. The van der Waals surface area contributed by atoms with Crippen molar-refractivity contribution in [2.75, 3.05) is 11.9 Å². The highest BCUT2D eigenvalue weighted by atomic mass is 16.5. The number of hydrogen-bond donors (Lipinski definition) is 3. The second-order valence-electron chi connectivity index (χ2n) is 4.94. The van der Waals surface area contributed by atoms with E-state index in [1.54, 1.807) is 19.1 Å². The maximum absolute atomic E-state index is 12.1. The van der Waals surface area contributed by atoms with Crippen LogP contribution in [0.1, 0.15) is 24.2 Å². The minimum atomic E-state index is -0.973. The molecule has 2 rings (SSSR count). The third-order valence-electron chi connectivity index (χ3n) is 3.37. The van der Waals surface area contributed by atoms with Crippen LogP contribution in [-0.4, -0.2) is 35.5 Å². The molecule has 0 bridgehead atoms. The topological polar surface area (TPSA) is 105 Å². The first-order chi connectivity index (χ1) is 9.88. The van der Waals surface area contributed by atoms with Gasteiger partial charge in [0.05, 0.1) is 11.6 Å². The molecule has 2 atom stereocenters. The quantitative estimate of drug-likeness (QED) is 0.763. The molecule has 1 aliphatic rings. The standard InChI is InChI=1S/C14H16N2O5/c1-7(14(19)20)8(2)15-13(18)9-3-4-10-11(5-9)21-6-12(17)16-10/h3-5,7-8H,6H2,1-2H3,(H,15,18)(H,16,17)(H,19,20). The van der Waals surface area contributed by atoms with E-state index in [0.29, 0.717) is 17.0 Å². The highest BCUT2D eigenvalue weighted by molar-refractivity contribution is 5.99. The smallest absolute Gasteiger partial charge is 0.308 e. The molecular weight excluding hydrogens is 276 g/mol. The zero-order valence-electron chi connectivity index (χ0n) is 11.7. The van der Waals surface area contributed by atoms with Crippen molar-refractivity contribution in [3.05, 3.63) is 23.8 Å². The van der Waals surface area contributed by atoms with Gasteiger partial charge in [-0.15, -0.1) is 0 Å². The number of carbonyl (C=O) groups excluding carboxylic acids is 2. The van der Waals surface area contributed by atoms with Gasteiger partial charge in [0.25, 0.3) is 11.8 Å². The largest absolute Gasteiger partial charge is 0.482 e. The molecule has 0 saturated heterocycles. The van der Waals surface area contributed by atoms with E-state index in [1.807, 2.05) is 0 Å². The van der Waals surface area contributed by atoms with Gasteiger partial charge in [-0.2, -0.15) is 0 Å². The molecule has 2 amide bonds. The van der Waals surface area contributed by atoms with E-state index < -0.39 is 17.9 Å². The van der Waals surface area contributed by atoms with Crippen LogP contribution in [0.15, 0.2) is 18.2 Å². The number of benzene rings is 1. The third-order valence-corrected chi connectivity index (χ3v) is 3.37. The fraction of sp³-hybridized carbons (Fsp3) is 0.357. The molecule has 0 aliphatic carbocycles. The number of hydrogen-bond acceptors (Lipinski definition) is 4. The minimum Gasteiger partial charge on any atom is -0.482 e. The Hall–Kier alpha value is -2.57. The van der Waals surface area contributed by atoms with Crippen LogP contribution in [0, 0.1) is 5.92 Å². The maximum Gasteiger partial charge on any atom is 0.308 e. The van der Waals surface area contributed by atoms with E-state index >= 15 is 0 Å². The second kappa shape index (κ2) is 5.82. The summed E-state index contributed by atoms with van der Waals surface area (Å²) in [5.74, 6) is -1.88. The number of fused-ring (bicyclic) bond motifs is 1. The summed E-state index contributed by atoms with van der Waals surface area (Å²) in [5.41, 5.74) is 0.851. The van der Waals surface area contributed by atoms with Gasteiger partial charge >= 0.3 is 5.97 Å². The monoisotopic (exact) mass is 292 g/mol. The molecule has 0 spiro atoms. The summed E-state index contributed by atoms with van der Waals surface area (Å²) in [7, 11) is 0. The number of nitrogens with one attached hydrogen (secondary N) is 2. The van der Waals surface area contributed by atoms with Crippen LogP contribution in [0.5, 0.6) is 5.75 Å². The highest BCUT2D eigenvalue weighted by Crippen LogP contribution is 2.28. The number of amides is 2. The molecule has 0 fully saturated rings. The molecule has 21 heavy (non-hydrogen) atoms. The number of rotatable bonds is 4. The summed E-state index contributed by atoms with van der Waals surface area (Å²) in [5, 5.41) is 14.2. The lowest BCUT2D eigenvalue weighted by Crippen LogP contribution is -2.40. The fourth-order valence-electron chi connectivity index (χ4n) is 1.84. The van der Waals surface area contributed by atoms with Crippen LogP contribution in [0.3, 0.4) is 0 Å². The molecule has 7 nitrogen and oxygen atoms in total. The van der Waals surface area contributed by atoms with Crippen LogP contribution in [0.25, 0.3) is 0 Å². The maximum atomic E-state index is 12.1. The number of carbonyl (C=O) groups is 3. The highest BCUT2D eigenvalue weighted by Gasteiger charge is 2.23. The first-order valence-electron chi connectivity index (χ1n) is 6.49. The van der Waals surface area contributed by atoms with E-state index in [1.165, 1.54) is 13.0 Å². The Bertz CT molecular complexity index is 599. The van der Waals surface area contributed by atoms with E-state index in [-0.39, 0.29) is 18.4 Å². The Labute approximate surface area is 121 Å². The predicted octanol–water partition coefficient (Wildman–Crippen LogP) is 0.856. The number of anilines is 1. The average Bonchev–Trinajstić information content (AvgIpc) is 2.45. The molecule has 0 radical (unpaired) electrons. The summed E-state index contributed by atoms with van der Waals surface area (Å²) < 4.78 is 5.23. The lowest BCUT2D eigenvalue weighted by atomic mass is 10.0. The Balaban J connectivity index is 2.10. The molecule has 0 saturated carbocycles. The third kappa shape index (κ3) is 3.31. The number of carboxylic acid groups (broad SMARTS) is 1. The van der Waals surface area contributed by atoms with E-state index in [0.717, 1.165) is 0 Å². The lowest BCUT2D eigenvalue weighted by Gasteiger charge is -2.20. The van der Waals surface area contributed by atoms with Gasteiger partial charge in [-0.3, -0.25) is 14.4 Å². The summed E-state index contributed by atoms with van der Waals surface area (Å²) in [4.78, 5) is 34.1. The van der Waals surface area contributed by atoms with E-state index in [2.05, 4.69) is 10.6 Å². The molecule has 1 aromatic carbocycles. The van der Waals surface area contributed by atoms with Crippen molar-refractivity contribution in [1.82, 2.24) is 5.32 Å². The van der Waals surface area contributed by atoms with E-state index in [4.69, 9.17) is 9.84 Å². The lowest BCUT2D eigenvalue weighted by molar-refractivity contribution is -0.141. The summed E-state index contributed by atoms with van der Waals surface area (Å²) >= 11 is 0. The first-order valence-corrected chi connectivity index (χ1v) is 6.49. The summed E-state index contributed by atoms with van der Waals surface area (Å²) in [6, 6.07) is 4.13. The molecule has 0 aromatic heterocycles. The van der Waals surface area contributed by atoms with Gasteiger partial charge in [-0.1, -0.05) is 0 Å². The van der Waals surface area contributed by atoms with Crippen molar-refractivity contribution in [2.45, 2.75) is 19.9 Å². The molecular formula is C14H16N2O5. The summed E-state index contributed by atoms with van der Waals surface area (Å²) in [6.45, 7) is 3.06. The Morgan fingerprint density at radius 2 is 2.10 bits per heavy atom. The molecule has 7 heteroatoms. The molecule has 1 aromatic rings. The normalized spacial score (nSPS) is 16.0. The van der Waals surface area contributed by atoms with Crippen molar-refractivity contribution in [3.8, 4) is 5.75 Å². The van der Waals surface area contributed by atoms with Crippen molar-refractivity contribution < 1.29 is 24.2 Å². The zero-order chi connectivity index (χ0) is 15.6. The van der Waals surface area contributed by atoms with E-state index in [9.17, 15) is 14.4 Å². The van der Waals surface area contributed by atoms with Crippen molar-refractivity contribution in [1.29, 1.82) is 0 Å². The second-order valence-corrected chi connectivity index (χ2v) is 4.94. The Morgan fingerprint density at radius 1 is 1.38 bits per heavy atom. The molecule has 3 N–H and O–H groups in total. The zero-order valence-corrected chi connectivity index (χ0v) is 11.7. The van der Waals surface area contributed by atoms with Gasteiger partial charge in [0.2, 0.25) is 0 Å². The predicted molar refractivity (Wildman–Crippen MR) is 74.3 cm³/mol. The molecule has 1 heterocycles. The minimum absolute atomic E-state index is 0.0927. The van der Waals surface area contributed by atoms with Crippen LogP contribution >= 0.6 is 0 Å². The first kappa shape index (κ1) is 14.8. The Morgan fingerprint density at radius 3 is 2.76 bits per heavy atom. The molecule has 1 aliphatic heterocycles. The fourth-order valence-corrected chi connectivity index (χ4v) is 1.84. The van der Waals surface area contributed by atoms with Gasteiger partial charge in [0.1, 0.15) is 5.75 Å². The number of ether oxygens (including phenoxy) is 1. The van der Waals surface area contributed by atoms with Crippen molar-refractivity contribution in [2.24, 2.45) is 5.92 Å². The van der Waals surface area contributed by atoms with Crippen LogP contribution in [0.4, 0.5) is 5.69 Å². The van der Waals surface area contributed by atoms with Gasteiger partial charge in [0, 0.05) is 11.6 Å². The van der Waals surface area contributed by atoms with Gasteiger partial charge in [-0.25, -0.2) is 0 Å². The molecule has 112 valence electrons. The number of carboxylic acids is 1. The van der Waals surface area contributed by atoms with Gasteiger partial charge < -0.3 is 20.5 Å². The van der Waals surface area contributed by atoms with Crippen molar-refractivity contribution >= 4 is 23.5 Å². The summed E-state index contributed by atoms with van der Waals surface area (Å²) in [6.07, 6.45) is 0. The van der Waals surface area contributed by atoms with Crippen LogP contribution < -0.4 is 15.4 Å². The van der Waals surface area contributed by atoms with Crippen LogP contribution in [-0.2, 0) is 9.59 Å².